The Hall–Kier alpha value is -2.74. The first kappa shape index (κ1) is 32.2. The van der Waals surface area contributed by atoms with Crippen LogP contribution in [0.5, 0.6) is 0 Å². The second-order valence-electron chi connectivity index (χ2n) is 10.2. The molecule has 2 aliphatic rings. The molecule has 5 rings (SSSR count). The lowest BCUT2D eigenvalue weighted by atomic mass is 10.1. The predicted molar refractivity (Wildman–Crippen MR) is 171 cm³/mol. The van der Waals surface area contributed by atoms with Gasteiger partial charge in [0, 0.05) is 62.1 Å². The summed E-state index contributed by atoms with van der Waals surface area (Å²) in [5, 5.41) is 1.55. The van der Waals surface area contributed by atoms with Crippen molar-refractivity contribution in [2.75, 3.05) is 55.6 Å². The lowest BCUT2D eigenvalue weighted by molar-refractivity contribution is -0.137. The average molecular weight is 619 g/mol. The van der Waals surface area contributed by atoms with Crippen molar-refractivity contribution < 1.29 is 13.2 Å². The number of nitrogens with zero attached hydrogens (tertiary/aromatic N) is 6. The molecule has 0 saturated carbocycles. The minimum absolute atomic E-state index is 0.0166. The number of hydrogen-bond acceptors (Lipinski definition) is 6. The SMILES string of the molecule is CC.CCCN1CC=C(c2nc(-c3ccc(P)c(Cl)c3)cc(N3CCCN(c4ncccc4C(F)(F)F)CC3)n2)CC1. The lowest BCUT2D eigenvalue weighted by Gasteiger charge is -2.27. The van der Waals surface area contributed by atoms with Crippen molar-refractivity contribution in [1.29, 1.82) is 0 Å². The molecule has 42 heavy (non-hydrogen) atoms. The largest absolute Gasteiger partial charge is 0.419 e. The molecule has 1 atom stereocenters. The van der Waals surface area contributed by atoms with E-state index in [-0.39, 0.29) is 5.82 Å². The van der Waals surface area contributed by atoms with Gasteiger partial charge in [-0.2, -0.15) is 13.2 Å². The van der Waals surface area contributed by atoms with Gasteiger partial charge in [-0.15, -0.1) is 9.24 Å². The summed E-state index contributed by atoms with van der Waals surface area (Å²) in [6.07, 6.45) is 1.82. The second kappa shape index (κ2) is 14.6. The third-order valence-corrected chi connectivity index (χ3v) is 8.35. The summed E-state index contributed by atoms with van der Waals surface area (Å²) in [6.45, 7) is 11.1. The number of aromatic nitrogens is 3. The maximum atomic E-state index is 13.7. The highest BCUT2D eigenvalue weighted by Crippen LogP contribution is 2.36. The third kappa shape index (κ3) is 7.80. The number of halogens is 4. The zero-order valence-electron chi connectivity index (χ0n) is 24.5. The quantitative estimate of drug-likeness (QED) is 0.279. The highest BCUT2D eigenvalue weighted by molar-refractivity contribution is 7.28. The van der Waals surface area contributed by atoms with Gasteiger partial charge in [-0.25, -0.2) is 15.0 Å². The van der Waals surface area contributed by atoms with Crippen LogP contribution in [0, 0.1) is 0 Å². The van der Waals surface area contributed by atoms with E-state index in [1.54, 1.807) is 4.90 Å². The van der Waals surface area contributed by atoms with E-state index in [1.165, 1.54) is 12.3 Å². The smallest absolute Gasteiger partial charge is 0.355 e. The summed E-state index contributed by atoms with van der Waals surface area (Å²) in [7, 11) is 2.63. The summed E-state index contributed by atoms with van der Waals surface area (Å²) in [4.78, 5) is 20.3. The molecule has 0 spiro atoms. The van der Waals surface area contributed by atoms with Gasteiger partial charge >= 0.3 is 6.18 Å². The van der Waals surface area contributed by atoms with E-state index in [9.17, 15) is 13.2 Å². The number of rotatable bonds is 6. The van der Waals surface area contributed by atoms with Crippen molar-refractivity contribution in [1.82, 2.24) is 19.9 Å². The van der Waals surface area contributed by atoms with E-state index in [2.05, 4.69) is 37.0 Å². The Morgan fingerprint density at radius 3 is 2.43 bits per heavy atom. The Balaban J connectivity index is 0.00000198. The van der Waals surface area contributed by atoms with Crippen molar-refractivity contribution in [2.45, 2.75) is 46.2 Å². The van der Waals surface area contributed by atoms with Gasteiger partial charge in [0.25, 0.3) is 0 Å². The molecule has 1 fully saturated rings. The summed E-state index contributed by atoms with van der Waals surface area (Å²) >= 11 is 6.44. The third-order valence-electron chi connectivity index (χ3n) is 7.34. The van der Waals surface area contributed by atoms with E-state index in [0.717, 1.165) is 66.5 Å². The molecule has 2 aromatic heterocycles. The number of hydrogen-bond donors (Lipinski definition) is 0. The second-order valence-corrected chi connectivity index (χ2v) is 11.2. The Kier molecular flexibility index (Phi) is 11.2. The number of pyridine rings is 1. The molecule has 0 aliphatic carbocycles. The van der Waals surface area contributed by atoms with Gasteiger partial charge in [-0.1, -0.05) is 50.6 Å². The van der Waals surface area contributed by atoms with Crippen LogP contribution >= 0.6 is 20.8 Å². The maximum absolute atomic E-state index is 13.7. The molecule has 2 aliphatic heterocycles. The van der Waals surface area contributed by atoms with Crippen molar-refractivity contribution >= 4 is 43.4 Å². The van der Waals surface area contributed by atoms with E-state index < -0.39 is 11.7 Å². The Morgan fingerprint density at radius 2 is 1.74 bits per heavy atom. The van der Waals surface area contributed by atoms with Gasteiger partial charge < -0.3 is 9.80 Å². The van der Waals surface area contributed by atoms with Crippen molar-refractivity contribution in [3.05, 3.63) is 65.1 Å². The molecule has 1 aromatic carbocycles. The Bertz CT molecular complexity index is 1380. The first-order valence-corrected chi connectivity index (χ1v) is 15.6. The van der Waals surface area contributed by atoms with Gasteiger partial charge in [0.2, 0.25) is 0 Å². The van der Waals surface area contributed by atoms with Gasteiger partial charge in [-0.05, 0) is 54.9 Å². The van der Waals surface area contributed by atoms with Crippen LogP contribution in [-0.4, -0.2) is 65.7 Å². The molecule has 0 radical (unpaired) electrons. The molecule has 6 nitrogen and oxygen atoms in total. The van der Waals surface area contributed by atoms with Crippen LogP contribution in [-0.2, 0) is 6.18 Å². The van der Waals surface area contributed by atoms with Crippen LogP contribution in [0.15, 0.2) is 48.7 Å². The monoisotopic (exact) mass is 618 g/mol. The standard InChI is InChI=1S/C29H33ClF3N6P.C2H6/c1-2-11-37-14-8-20(9-15-37)27-35-24(21-6-7-25(40)23(30)18-21)19-26(36-27)38-12-4-13-39(17-16-38)28-22(29(31,32)33)5-3-10-34-28;1-2/h3,5-8,10,18-19H,2,4,9,11-17,40H2,1H3;1-2H3. The zero-order valence-corrected chi connectivity index (χ0v) is 26.4. The molecule has 1 saturated heterocycles. The maximum Gasteiger partial charge on any atom is 0.419 e. The topological polar surface area (TPSA) is 48.4 Å². The molecule has 3 aromatic rings. The molecule has 11 heteroatoms. The fourth-order valence-electron chi connectivity index (χ4n) is 5.24. The van der Waals surface area contributed by atoms with Crippen LogP contribution in [0.25, 0.3) is 16.8 Å². The fourth-order valence-corrected chi connectivity index (χ4v) is 5.60. The summed E-state index contributed by atoms with van der Waals surface area (Å²) < 4.78 is 41.0. The Morgan fingerprint density at radius 1 is 0.976 bits per heavy atom. The van der Waals surface area contributed by atoms with Gasteiger partial charge in [0.05, 0.1) is 11.3 Å². The van der Waals surface area contributed by atoms with E-state index in [0.29, 0.717) is 43.4 Å². The molecule has 0 bridgehead atoms. The number of benzene rings is 1. The predicted octanol–water partition coefficient (Wildman–Crippen LogP) is 6.95. The van der Waals surface area contributed by atoms with Gasteiger partial charge in [-0.3, -0.25) is 4.90 Å². The average Bonchev–Trinajstić information content (AvgIpc) is 3.26. The summed E-state index contributed by atoms with van der Waals surface area (Å²) in [6, 6.07) is 10.2. The van der Waals surface area contributed by atoms with Gasteiger partial charge in [0.1, 0.15) is 11.6 Å². The molecule has 1 unspecified atom stereocenters. The zero-order chi connectivity index (χ0) is 30.3. The molecule has 226 valence electrons. The molecular formula is C31H39ClF3N6P. The van der Waals surface area contributed by atoms with Gasteiger partial charge in [0.15, 0.2) is 5.82 Å². The fraction of sp³-hybridized carbons (Fsp3) is 0.452. The van der Waals surface area contributed by atoms with Crippen molar-refractivity contribution in [3.8, 4) is 11.3 Å². The van der Waals surface area contributed by atoms with E-state index in [4.69, 9.17) is 21.6 Å². The summed E-state index contributed by atoms with van der Waals surface area (Å²) in [5.74, 6) is 1.44. The minimum atomic E-state index is -4.46. The molecule has 0 N–H and O–H groups in total. The summed E-state index contributed by atoms with van der Waals surface area (Å²) in [5.41, 5.74) is 2.08. The van der Waals surface area contributed by atoms with Crippen LogP contribution in [0.1, 0.15) is 51.4 Å². The van der Waals surface area contributed by atoms with Crippen molar-refractivity contribution in [2.24, 2.45) is 0 Å². The van der Waals surface area contributed by atoms with Crippen molar-refractivity contribution in [3.63, 3.8) is 0 Å². The van der Waals surface area contributed by atoms with Crippen LogP contribution < -0.4 is 15.1 Å². The first-order valence-electron chi connectivity index (χ1n) is 14.6. The normalized spacial score (nSPS) is 16.4. The highest BCUT2D eigenvalue weighted by atomic mass is 35.5. The molecule has 4 heterocycles. The highest BCUT2D eigenvalue weighted by Gasteiger charge is 2.36. The van der Waals surface area contributed by atoms with Crippen LogP contribution in [0.2, 0.25) is 5.02 Å². The van der Waals surface area contributed by atoms with E-state index >= 15 is 0 Å². The molecular weight excluding hydrogens is 580 g/mol. The van der Waals surface area contributed by atoms with Crippen LogP contribution in [0.4, 0.5) is 24.8 Å². The first-order chi connectivity index (χ1) is 20.2. The number of anilines is 2. The molecule has 0 amide bonds. The van der Waals surface area contributed by atoms with Crippen LogP contribution in [0.3, 0.4) is 0 Å². The number of alkyl halides is 3. The minimum Gasteiger partial charge on any atom is -0.355 e. The van der Waals surface area contributed by atoms with E-state index in [1.807, 2.05) is 38.1 Å². The Labute approximate surface area is 254 Å². The lowest BCUT2D eigenvalue weighted by Crippen LogP contribution is -2.33.